The van der Waals surface area contributed by atoms with Crippen LogP contribution in [0.25, 0.3) is 10.9 Å². The van der Waals surface area contributed by atoms with E-state index in [9.17, 15) is 4.79 Å². The predicted molar refractivity (Wildman–Crippen MR) is 59.2 cm³/mol. The topological polar surface area (TPSA) is 31.2 Å². The molecule has 0 atom stereocenters. The van der Waals surface area contributed by atoms with Crippen molar-refractivity contribution >= 4 is 28.5 Å². The van der Waals surface area contributed by atoms with Gasteiger partial charge in [-0.3, -0.25) is 4.79 Å². The van der Waals surface area contributed by atoms with Gasteiger partial charge >= 0.3 is 5.97 Å². The highest BCUT2D eigenvalue weighted by molar-refractivity contribution is 6.31. The Labute approximate surface area is 92.2 Å². The summed E-state index contributed by atoms with van der Waals surface area (Å²) < 4.78 is 6.98. The summed E-state index contributed by atoms with van der Waals surface area (Å²) in [5, 5.41) is 1.47. The lowest BCUT2D eigenvalue weighted by Crippen LogP contribution is -2.00. The Balaban J connectivity index is 2.64. The van der Waals surface area contributed by atoms with Crippen LogP contribution in [0.1, 0.15) is 6.92 Å². The zero-order chi connectivity index (χ0) is 11.0. The molecule has 2 rings (SSSR count). The quantitative estimate of drug-likeness (QED) is 0.696. The minimum absolute atomic E-state index is 0.331. The molecule has 1 aromatic carbocycles. The van der Waals surface area contributed by atoms with Crippen LogP contribution in [0.4, 0.5) is 0 Å². The lowest BCUT2D eigenvalue weighted by Gasteiger charge is -1.98. The van der Waals surface area contributed by atoms with E-state index in [1.165, 1.54) is 6.92 Å². The lowest BCUT2D eigenvalue weighted by atomic mass is 10.2. The van der Waals surface area contributed by atoms with Gasteiger partial charge in [0, 0.05) is 30.6 Å². The summed E-state index contributed by atoms with van der Waals surface area (Å²) >= 11 is 5.89. The van der Waals surface area contributed by atoms with Crippen LogP contribution >= 0.6 is 11.6 Å². The number of carbonyl (C=O) groups excluding carboxylic acids is 1. The molecule has 0 aliphatic carbocycles. The second-order valence-corrected chi connectivity index (χ2v) is 3.80. The van der Waals surface area contributed by atoms with Crippen molar-refractivity contribution in [1.29, 1.82) is 0 Å². The second kappa shape index (κ2) is 3.59. The zero-order valence-corrected chi connectivity index (χ0v) is 9.21. The van der Waals surface area contributed by atoms with E-state index in [0.29, 0.717) is 10.8 Å². The van der Waals surface area contributed by atoms with Crippen LogP contribution in [-0.2, 0) is 11.8 Å². The van der Waals surface area contributed by atoms with E-state index in [1.54, 1.807) is 18.3 Å². The first-order valence-electron chi connectivity index (χ1n) is 4.51. The van der Waals surface area contributed by atoms with E-state index < -0.39 is 0 Å². The van der Waals surface area contributed by atoms with Crippen LogP contribution in [0.2, 0.25) is 5.02 Å². The Morgan fingerprint density at radius 1 is 1.47 bits per heavy atom. The van der Waals surface area contributed by atoms with Crippen molar-refractivity contribution in [2.45, 2.75) is 6.92 Å². The number of hydrogen-bond acceptors (Lipinski definition) is 2. The Kier molecular flexibility index (Phi) is 2.40. The van der Waals surface area contributed by atoms with Gasteiger partial charge in [0.05, 0.1) is 5.52 Å². The summed E-state index contributed by atoms with van der Waals surface area (Å²) in [6.45, 7) is 1.38. The number of aromatic nitrogens is 1. The second-order valence-electron chi connectivity index (χ2n) is 3.36. The van der Waals surface area contributed by atoms with Crippen LogP contribution in [0.15, 0.2) is 24.4 Å². The van der Waals surface area contributed by atoms with Gasteiger partial charge in [0.25, 0.3) is 0 Å². The van der Waals surface area contributed by atoms with Crippen LogP contribution in [-0.4, -0.2) is 10.5 Å². The number of nitrogens with zero attached hydrogens (tertiary/aromatic N) is 1. The van der Waals surface area contributed by atoms with Gasteiger partial charge in [-0.1, -0.05) is 11.6 Å². The van der Waals surface area contributed by atoms with Gasteiger partial charge < -0.3 is 9.30 Å². The monoisotopic (exact) mass is 223 g/mol. The number of ether oxygens (including phenoxy) is 1. The van der Waals surface area contributed by atoms with Crippen LogP contribution < -0.4 is 4.74 Å². The Bertz CT molecular complexity index is 531. The fourth-order valence-electron chi connectivity index (χ4n) is 1.56. The van der Waals surface area contributed by atoms with Crippen molar-refractivity contribution in [1.82, 2.24) is 4.57 Å². The summed E-state index contributed by atoms with van der Waals surface area (Å²) in [4.78, 5) is 10.9. The lowest BCUT2D eigenvalue weighted by molar-refractivity contribution is -0.131. The summed E-state index contributed by atoms with van der Waals surface area (Å²) in [6, 6.07) is 5.49. The Morgan fingerprint density at radius 3 is 2.87 bits per heavy atom. The van der Waals surface area contributed by atoms with E-state index in [-0.39, 0.29) is 5.97 Å². The average Bonchev–Trinajstić information content (AvgIpc) is 2.42. The highest BCUT2D eigenvalue weighted by atomic mass is 35.5. The molecule has 0 unspecified atom stereocenters. The number of aryl methyl sites for hydroxylation is 1. The van der Waals surface area contributed by atoms with E-state index in [1.807, 2.05) is 17.7 Å². The number of carbonyl (C=O) groups is 1. The van der Waals surface area contributed by atoms with Gasteiger partial charge in [-0.15, -0.1) is 0 Å². The molecule has 0 aliphatic heterocycles. The van der Waals surface area contributed by atoms with Crippen molar-refractivity contribution < 1.29 is 9.53 Å². The molecule has 0 saturated heterocycles. The first-order valence-corrected chi connectivity index (χ1v) is 4.89. The number of hydrogen-bond donors (Lipinski definition) is 0. The third kappa shape index (κ3) is 1.83. The van der Waals surface area contributed by atoms with Gasteiger partial charge in [-0.2, -0.15) is 0 Å². The average molecular weight is 224 g/mol. The van der Waals surface area contributed by atoms with Gasteiger partial charge in [-0.25, -0.2) is 0 Å². The summed E-state index contributed by atoms with van der Waals surface area (Å²) in [5.74, 6) is 0.213. The molecule has 15 heavy (non-hydrogen) atoms. The standard InChI is InChI=1S/C11H10ClNO2/c1-7(14)15-11-6-13(2)10-4-3-8(12)5-9(10)11/h3-6H,1-2H3. The number of benzene rings is 1. The van der Waals surface area contributed by atoms with Crippen molar-refractivity contribution in [2.75, 3.05) is 0 Å². The molecule has 78 valence electrons. The number of rotatable bonds is 1. The first kappa shape index (κ1) is 10.1. The van der Waals surface area contributed by atoms with Gasteiger partial charge in [0.2, 0.25) is 0 Å². The summed E-state index contributed by atoms with van der Waals surface area (Å²) in [7, 11) is 1.89. The maximum absolute atomic E-state index is 10.9. The number of halogens is 1. The van der Waals surface area contributed by atoms with Crippen molar-refractivity contribution in [3.8, 4) is 5.75 Å². The molecule has 1 heterocycles. The molecule has 2 aromatic rings. The van der Waals surface area contributed by atoms with Gasteiger partial charge in [-0.05, 0) is 18.2 Å². The molecule has 0 saturated carbocycles. The summed E-state index contributed by atoms with van der Waals surface area (Å²) in [5.41, 5.74) is 0.982. The third-order valence-electron chi connectivity index (χ3n) is 2.17. The van der Waals surface area contributed by atoms with Crippen LogP contribution in [0, 0.1) is 0 Å². The van der Waals surface area contributed by atoms with Crippen molar-refractivity contribution in [2.24, 2.45) is 7.05 Å². The molecule has 0 N–H and O–H groups in total. The minimum Gasteiger partial charge on any atom is -0.424 e. The normalized spacial score (nSPS) is 10.6. The van der Waals surface area contributed by atoms with E-state index >= 15 is 0 Å². The van der Waals surface area contributed by atoms with E-state index in [2.05, 4.69) is 0 Å². The fraction of sp³-hybridized carbons (Fsp3) is 0.182. The molecule has 0 aliphatic rings. The van der Waals surface area contributed by atoms with Crippen molar-refractivity contribution in [3.05, 3.63) is 29.4 Å². The number of esters is 1. The maximum atomic E-state index is 10.9. The molecular weight excluding hydrogens is 214 g/mol. The highest BCUT2D eigenvalue weighted by Gasteiger charge is 2.09. The molecule has 0 amide bonds. The molecule has 0 fully saturated rings. The first-order chi connectivity index (χ1) is 7.08. The van der Waals surface area contributed by atoms with Crippen LogP contribution in [0.3, 0.4) is 0 Å². The van der Waals surface area contributed by atoms with Gasteiger partial charge in [0.15, 0.2) is 5.75 Å². The van der Waals surface area contributed by atoms with Crippen molar-refractivity contribution in [3.63, 3.8) is 0 Å². The van der Waals surface area contributed by atoms with E-state index in [4.69, 9.17) is 16.3 Å². The zero-order valence-electron chi connectivity index (χ0n) is 8.45. The fourth-order valence-corrected chi connectivity index (χ4v) is 1.74. The highest BCUT2D eigenvalue weighted by Crippen LogP contribution is 2.29. The third-order valence-corrected chi connectivity index (χ3v) is 2.40. The molecule has 0 spiro atoms. The Hall–Kier alpha value is -1.48. The van der Waals surface area contributed by atoms with Crippen LogP contribution in [0.5, 0.6) is 5.75 Å². The smallest absolute Gasteiger partial charge is 0.308 e. The molecule has 4 heteroatoms. The minimum atomic E-state index is -0.331. The molecule has 0 radical (unpaired) electrons. The maximum Gasteiger partial charge on any atom is 0.308 e. The van der Waals surface area contributed by atoms with E-state index in [0.717, 1.165) is 10.9 Å². The molecule has 0 bridgehead atoms. The van der Waals surface area contributed by atoms with Gasteiger partial charge in [0.1, 0.15) is 0 Å². The molecular formula is C11H10ClNO2. The number of fused-ring (bicyclic) bond motifs is 1. The molecule has 1 aromatic heterocycles. The predicted octanol–water partition coefficient (Wildman–Crippen LogP) is 2.76. The largest absolute Gasteiger partial charge is 0.424 e. The Morgan fingerprint density at radius 2 is 2.20 bits per heavy atom. The molecule has 3 nitrogen and oxygen atoms in total. The summed E-state index contributed by atoms with van der Waals surface area (Å²) in [6.07, 6.45) is 1.77. The SMILES string of the molecule is CC(=O)Oc1cn(C)c2ccc(Cl)cc12.